The Balaban J connectivity index is 1.43. The third-order valence-corrected chi connectivity index (χ3v) is 5.26. The van der Waals surface area contributed by atoms with Crippen LogP contribution in [0.15, 0.2) is 78.9 Å². The Morgan fingerprint density at radius 1 is 0.821 bits per heavy atom. The molecule has 0 amide bonds. The van der Waals surface area contributed by atoms with Gasteiger partial charge in [0.1, 0.15) is 0 Å². The Morgan fingerprint density at radius 3 is 2.14 bits per heavy atom. The van der Waals surface area contributed by atoms with E-state index >= 15 is 0 Å². The standard InChI is InChI=1S/C24H22O3S/c1-18-7-9-19(10-8-18)16-28-17-24(26)27-15-23(25)22-13-11-21(12-14-22)20-5-3-2-4-6-20/h2-14H,15-17H2,1H3. The van der Waals surface area contributed by atoms with E-state index in [1.54, 1.807) is 12.1 Å². The SMILES string of the molecule is Cc1ccc(CSCC(=O)OCC(=O)c2ccc(-c3ccccc3)cc2)cc1. The van der Waals surface area contributed by atoms with Gasteiger partial charge in [0.25, 0.3) is 0 Å². The minimum Gasteiger partial charge on any atom is -0.457 e. The molecule has 0 fully saturated rings. The number of hydrogen-bond donors (Lipinski definition) is 0. The summed E-state index contributed by atoms with van der Waals surface area (Å²) in [7, 11) is 0. The summed E-state index contributed by atoms with van der Waals surface area (Å²) >= 11 is 1.48. The number of rotatable bonds is 8. The summed E-state index contributed by atoms with van der Waals surface area (Å²) < 4.78 is 5.12. The molecule has 0 aliphatic carbocycles. The van der Waals surface area contributed by atoms with Gasteiger partial charge in [-0.2, -0.15) is 0 Å². The van der Waals surface area contributed by atoms with E-state index in [4.69, 9.17) is 4.74 Å². The zero-order valence-electron chi connectivity index (χ0n) is 15.8. The largest absolute Gasteiger partial charge is 0.457 e. The summed E-state index contributed by atoms with van der Waals surface area (Å²) in [5.74, 6) is 0.404. The number of benzene rings is 3. The number of ether oxygens (including phenoxy) is 1. The van der Waals surface area contributed by atoms with Crippen molar-refractivity contribution in [2.24, 2.45) is 0 Å². The third kappa shape index (κ3) is 5.83. The van der Waals surface area contributed by atoms with Gasteiger partial charge >= 0.3 is 5.97 Å². The Morgan fingerprint density at radius 2 is 1.46 bits per heavy atom. The number of esters is 1. The van der Waals surface area contributed by atoms with Crippen LogP contribution in [0.5, 0.6) is 0 Å². The lowest BCUT2D eigenvalue weighted by atomic mass is 10.0. The molecule has 4 heteroatoms. The van der Waals surface area contributed by atoms with Crippen LogP contribution in [0.25, 0.3) is 11.1 Å². The zero-order chi connectivity index (χ0) is 19.8. The summed E-state index contributed by atoms with van der Waals surface area (Å²) in [4.78, 5) is 24.1. The topological polar surface area (TPSA) is 43.4 Å². The molecule has 0 saturated carbocycles. The van der Waals surface area contributed by atoms with Crippen LogP contribution in [0.4, 0.5) is 0 Å². The number of hydrogen-bond acceptors (Lipinski definition) is 4. The average Bonchev–Trinajstić information content (AvgIpc) is 2.74. The van der Waals surface area contributed by atoms with Gasteiger partial charge in [-0.3, -0.25) is 9.59 Å². The predicted molar refractivity (Wildman–Crippen MR) is 115 cm³/mol. The van der Waals surface area contributed by atoms with Crippen LogP contribution in [0, 0.1) is 6.92 Å². The molecular weight excluding hydrogens is 368 g/mol. The van der Waals surface area contributed by atoms with Gasteiger partial charge in [0, 0.05) is 11.3 Å². The van der Waals surface area contributed by atoms with E-state index in [-0.39, 0.29) is 24.1 Å². The lowest BCUT2D eigenvalue weighted by Gasteiger charge is -2.06. The second-order valence-corrected chi connectivity index (χ2v) is 7.49. The highest BCUT2D eigenvalue weighted by molar-refractivity contribution is 7.99. The molecule has 3 rings (SSSR count). The first-order valence-corrected chi connectivity index (χ1v) is 10.2. The van der Waals surface area contributed by atoms with E-state index in [1.165, 1.54) is 17.3 Å². The van der Waals surface area contributed by atoms with Crippen molar-refractivity contribution < 1.29 is 14.3 Å². The quantitative estimate of drug-likeness (QED) is 0.386. The van der Waals surface area contributed by atoms with E-state index < -0.39 is 0 Å². The van der Waals surface area contributed by atoms with Crippen molar-refractivity contribution in [3.63, 3.8) is 0 Å². The number of carbonyl (C=O) groups is 2. The Hall–Kier alpha value is -2.85. The molecule has 0 saturated heterocycles. The van der Waals surface area contributed by atoms with Crippen LogP contribution in [0.1, 0.15) is 21.5 Å². The van der Waals surface area contributed by atoms with Crippen LogP contribution in [0.2, 0.25) is 0 Å². The first-order chi connectivity index (χ1) is 13.6. The smallest absolute Gasteiger partial charge is 0.316 e. The van der Waals surface area contributed by atoms with Crippen LogP contribution < -0.4 is 0 Å². The first-order valence-electron chi connectivity index (χ1n) is 9.09. The van der Waals surface area contributed by atoms with E-state index in [1.807, 2.05) is 49.4 Å². The van der Waals surface area contributed by atoms with Crippen molar-refractivity contribution >= 4 is 23.5 Å². The minimum atomic E-state index is -0.369. The Labute approximate surface area is 169 Å². The highest BCUT2D eigenvalue weighted by atomic mass is 32.2. The molecule has 0 bridgehead atoms. The first kappa shape index (κ1) is 19.9. The van der Waals surface area contributed by atoms with Gasteiger partial charge in [-0.05, 0) is 23.6 Å². The fourth-order valence-corrected chi connectivity index (χ4v) is 3.47. The lowest BCUT2D eigenvalue weighted by Crippen LogP contribution is -2.15. The molecule has 0 radical (unpaired) electrons. The van der Waals surface area contributed by atoms with Crippen molar-refractivity contribution in [1.29, 1.82) is 0 Å². The van der Waals surface area contributed by atoms with Crippen molar-refractivity contribution in [2.45, 2.75) is 12.7 Å². The third-order valence-electron chi connectivity index (χ3n) is 4.29. The average molecular weight is 391 g/mol. The second-order valence-electron chi connectivity index (χ2n) is 6.51. The number of ketones is 1. The van der Waals surface area contributed by atoms with Gasteiger partial charge in [0.2, 0.25) is 0 Å². The molecule has 3 aromatic rings. The highest BCUT2D eigenvalue weighted by Crippen LogP contribution is 2.19. The van der Waals surface area contributed by atoms with Gasteiger partial charge in [0.05, 0.1) is 5.75 Å². The van der Waals surface area contributed by atoms with Gasteiger partial charge in [-0.25, -0.2) is 0 Å². The molecule has 0 heterocycles. The molecule has 28 heavy (non-hydrogen) atoms. The molecule has 3 aromatic carbocycles. The van der Waals surface area contributed by atoms with E-state index in [2.05, 4.69) is 24.3 Å². The van der Waals surface area contributed by atoms with Crippen LogP contribution in [-0.4, -0.2) is 24.1 Å². The van der Waals surface area contributed by atoms with Crippen molar-refractivity contribution in [3.05, 3.63) is 95.6 Å². The Bertz CT molecular complexity index is 916. The summed E-state index contributed by atoms with van der Waals surface area (Å²) in [6, 6.07) is 25.5. The van der Waals surface area contributed by atoms with Crippen molar-refractivity contribution in [1.82, 2.24) is 0 Å². The molecule has 0 aliphatic rings. The van der Waals surface area contributed by atoms with E-state index in [0.29, 0.717) is 5.56 Å². The van der Waals surface area contributed by atoms with Gasteiger partial charge in [-0.1, -0.05) is 84.4 Å². The number of aryl methyl sites for hydroxylation is 1. The zero-order valence-corrected chi connectivity index (χ0v) is 16.6. The molecule has 0 aromatic heterocycles. The second kappa shape index (κ2) is 9.90. The highest BCUT2D eigenvalue weighted by Gasteiger charge is 2.10. The summed E-state index contributed by atoms with van der Waals surface area (Å²) in [6.07, 6.45) is 0. The van der Waals surface area contributed by atoms with Crippen molar-refractivity contribution in [3.8, 4) is 11.1 Å². The van der Waals surface area contributed by atoms with Crippen LogP contribution >= 0.6 is 11.8 Å². The number of thioether (sulfide) groups is 1. The summed E-state index contributed by atoms with van der Waals surface area (Å²) in [5, 5.41) is 0. The van der Waals surface area contributed by atoms with Gasteiger partial charge in [0.15, 0.2) is 12.4 Å². The van der Waals surface area contributed by atoms with E-state index in [9.17, 15) is 9.59 Å². The summed E-state index contributed by atoms with van der Waals surface area (Å²) in [6.45, 7) is 1.81. The van der Waals surface area contributed by atoms with Crippen LogP contribution in [-0.2, 0) is 15.3 Å². The predicted octanol–water partition coefficient (Wildman–Crippen LogP) is 5.32. The maximum Gasteiger partial charge on any atom is 0.316 e. The molecule has 142 valence electrons. The number of carbonyl (C=O) groups excluding carboxylic acids is 2. The van der Waals surface area contributed by atoms with Crippen molar-refractivity contribution in [2.75, 3.05) is 12.4 Å². The van der Waals surface area contributed by atoms with Gasteiger partial charge in [-0.15, -0.1) is 11.8 Å². The fraction of sp³-hybridized carbons (Fsp3) is 0.167. The molecule has 0 aliphatic heterocycles. The molecule has 0 spiro atoms. The molecule has 0 N–H and O–H groups in total. The fourth-order valence-electron chi connectivity index (χ4n) is 2.69. The molecule has 3 nitrogen and oxygen atoms in total. The minimum absolute atomic E-state index is 0.198. The maximum atomic E-state index is 12.2. The molecule has 0 atom stereocenters. The Kier molecular flexibility index (Phi) is 7.04. The summed E-state index contributed by atoms with van der Waals surface area (Å²) in [5.41, 5.74) is 5.06. The monoisotopic (exact) mass is 390 g/mol. The number of Topliss-reactive ketones (excluding diaryl/α,β-unsaturated/α-hetero) is 1. The van der Waals surface area contributed by atoms with Gasteiger partial charge < -0.3 is 4.74 Å². The molecular formula is C24H22O3S. The van der Waals surface area contributed by atoms with Crippen LogP contribution in [0.3, 0.4) is 0 Å². The normalized spacial score (nSPS) is 10.5. The molecule has 0 unspecified atom stereocenters. The van der Waals surface area contributed by atoms with E-state index in [0.717, 1.165) is 22.4 Å². The lowest BCUT2D eigenvalue weighted by molar-refractivity contribution is -0.139. The maximum absolute atomic E-state index is 12.2.